The zero-order valence-corrected chi connectivity index (χ0v) is 16.0. The Morgan fingerprint density at radius 2 is 1.92 bits per heavy atom. The Kier molecular flexibility index (Phi) is 4.37. The normalized spacial score (nSPS) is 18.9. The molecule has 0 atom stereocenters. The molecule has 0 bridgehead atoms. The van der Waals surface area contributed by atoms with Crippen LogP contribution < -0.4 is 4.90 Å². The third-order valence-corrected chi connectivity index (χ3v) is 6.42. The number of likely N-dealkylation sites (tertiary alicyclic amines) is 1. The quantitative estimate of drug-likeness (QED) is 0.840. The summed E-state index contributed by atoms with van der Waals surface area (Å²) in [7, 11) is 0. The van der Waals surface area contributed by atoms with Gasteiger partial charge in [0.2, 0.25) is 5.91 Å². The monoisotopic (exact) mass is 359 g/mol. The molecular formula is C18H25N5OS. The number of thiophene rings is 1. The van der Waals surface area contributed by atoms with Gasteiger partial charge in [0.25, 0.3) is 0 Å². The standard InChI is InChI=1S/C18H25N5OS/c1-4-22-11-23(10-15(22)24)17-16-12(2)13(3)25-18(16)20-14(19-17)9-21-7-5-6-8-21/h4-11H2,1-3H3. The van der Waals surface area contributed by atoms with Crippen LogP contribution in [0.25, 0.3) is 10.2 Å². The number of carbonyl (C=O) groups excluding carboxylic acids is 1. The minimum absolute atomic E-state index is 0.181. The number of aromatic nitrogens is 2. The van der Waals surface area contributed by atoms with E-state index >= 15 is 0 Å². The second-order valence-corrected chi connectivity index (χ2v) is 8.20. The number of aryl methyl sites for hydroxylation is 2. The summed E-state index contributed by atoms with van der Waals surface area (Å²) in [6.45, 7) is 11.1. The number of likely N-dealkylation sites (N-methyl/N-ethyl adjacent to an activating group) is 1. The van der Waals surface area contributed by atoms with Gasteiger partial charge in [0.15, 0.2) is 0 Å². The van der Waals surface area contributed by atoms with E-state index < -0.39 is 0 Å². The fourth-order valence-corrected chi connectivity index (χ4v) is 4.77. The number of carbonyl (C=O) groups is 1. The van der Waals surface area contributed by atoms with Gasteiger partial charge in [0.05, 0.1) is 18.6 Å². The number of rotatable bonds is 4. The van der Waals surface area contributed by atoms with Crippen LogP contribution in [0.15, 0.2) is 0 Å². The molecule has 2 aromatic heterocycles. The van der Waals surface area contributed by atoms with Crippen LogP contribution in [0.3, 0.4) is 0 Å². The first-order valence-corrected chi connectivity index (χ1v) is 9.90. The van der Waals surface area contributed by atoms with Crippen LogP contribution in [0.2, 0.25) is 0 Å². The van der Waals surface area contributed by atoms with Crippen molar-refractivity contribution < 1.29 is 4.79 Å². The molecule has 25 heavy (non-hydrogen) atoms. The first-order chi connectivity index (χ1) is 12.1. The molecule has 2 saturated heterocycles. The van der Waals surface area contributed by atoms with Crippen LogP contribution in [0.1, 0.15) is 36.0 Å². The molecule has 0 spiro atoms. The minimum atomic E-state index is 0.181. The molecule has 6 nitrogen and oxygen atoms in total. The Hall–Kier alpha value is -1.73. The third kappa shape index (κ3) is 3.00. The highest BCUT2D eigenvalue weighted by Gasteiger charge is 2.30. The Morgan fingerprint density at radius 1 is 1.16 bits per heavy atom. The number of anilines is 1. The molecule has 1 amide bonds. The van der Waals surface area contributed by atoms with Crippen LogP contribution in [0.4, 0.5) is 5.82 Å². The first kappa shape index (κ1) is 16.7. The van der Waals surface area contributed by atoms with Gasteiger partial charge < -0.3 is 9.80 Å². The van der Waals surface area contributed by atoms with Crippen LogP contribution in [0.5, 0.6) is 0 Å². The SMILES string of the molecule is CCN1CN(c2nc(CN3CCCC3)nc3sc(C)c(C)c23)CC1=O. The molecule has 0 unspecified atom stereocenters. The summed E-state index contributed by atoms with van der Waals surface area (Å²) in [6.07, 6.45) is 2.52. The minimum Gasteiger partial charge on any atom is -0.329 e. The molecule has 0 saturated carbocycles. The van der Waals surface area contributed by atoms with Crippen molar-refractivity contribution in [1.29, 1.82) is 0 Å². The number of hydrogen-bond acceptors (Lipinski definition) is 6. The second-order valence-electron chi connectivity index (χ2n) is 7.00. The molecule has 4 heterocycles. The molecule has 2 aromatic rings. The van der Waals surface area contributed by atoms with Gasteiger partial charge in [-0.15, -0.1) is 11.3 Å². The summed E-state index contributed by atoms with van der Waals surface area (Å²) in [6, 6.07) is 0. The van der Waals surface area contributed by atoms with Crippen molar-refractivity contribution in [2.24, 2.45) is 0 Å². The molecule has 7 heteroatoms. The van der Waals surface area contributed by atoms with Crippen molar-refractivity contribution in [1.82, 2.24) is 19.8 Å². The predicted molar refractivity (Wildman–Crippen MR) is 101 cm³/mol. The van der Waals surface area contributed by atoms with Gasteiger partial charge in [0.1, 0.15) is 23.0 Å². The maximum atomic E-state index is 12.2. The zero-order valence-electron chi connectivity index (χ0n) is 15.2. The van der Waals surface area contributed by atoms with Crippen LogP contribution in [0, 0.1) is 13.8 Å². The van der Waals surface area contributed by atoms with Gasteiger partial charge in [-0.2, -0.15) is 0 Å². The van der Waals surface area contributed by atoms with Crippen LogP contribution in [-0.2, 0) is 11.3 Å². The van der Waals surface area contributed by atoms with Gasteiger partial charge >= 0.3 is 0 Å². The van der Waals surface area contributed by atoms with Crippen LogP contribution >= 0.6 is 11.3 Å². The van der Waals surface area contributed by atoms with Gasteiger partial charge in [-0.25, -0.2) is 9.97 Å². The Labute approximate surface area is 152 Å². The maximum Gasteiger partial charge on any atom is 0.243 e. The lowest BCUT2D eigenvalue weighted by Crippen LogP contribution is -2.27. The summed E-state index contributed by atoms with van der Waals surface area (Å²) in [5.74, 6) is 2.00. The number of fused-ring (bicyclic) bond motifs is 1. The molecule has 0 aliphatic carbocycles. The molecule has 134 valence electrons. The summed E-state index contributed by atoms with van der Waals surface area (Å²) in [4.78, 5) is 30.7. The molecular weight excluding hydrogens is 334 g/mol. The number of nitrogens with zero attached hydrogens (tertiary/aromatic N) is 5. The van der Waals surface area contributed by atoms with E-state index in [9.17, 15) is 4.79 Å². The lowest BCUT2D eigenvalue weighted by atomic mass is 10.2. The van der Waals surface area contributed by atoms with Crippen molar-refractivity contribution in [2.45, 2.75) is 40.2 Å². The predicted octanol–water partition coefficient (Wildman–Crippen LogP) is 2.53. The van der Waals surface area contributed by atoms with Crippen LogP contribution in [-0.4, -0.2) is 58.5 Å². The van der Waals surface area contributed by atoms with E-state index in [1.54, 1.807) is 11.3 Å². The average molecular weight is 359 g/mol. The Balaban J connectivity index is 1.75. The van der Waals surface area contributed by atoms with E-state index in [0.717, 1.165) is 48.0 Å². The van der Waals surface area contributed by atoms with E-state index in [1.165, 1.54) is 23.3 Å². The fraction of sp³-hybridized carbons (Fsp3) is 0.611. The van der Waals surface area contributed by atoms with Crippen molar-refractivity contribution in [3.8, 4) is 0 Å². The van der Waals surface area contributed by atoms with E-state index in [1.807, 2.05) is 11.8 Å². The second kappa shape index (κ2) is 6.53. The molecule has 0 radical (unpaired) electrons. The molecule has 0 aromatic carbocycles. The first-order valence-electron chi connectivity index (χ1n) is 9.08. The molecule has 0 N–H and O–H groups in total. The maximum absolute atomic E-state index is 12.2. The smallest absolute Gasteiger partial charge is 0.243 e. The van der Waals surface area contributed by atoms with E-state index in [-0.39, 0.29) is 5.91 Å². The lowest BCUT2D eigenvalue weighted by molar-refractivity contribution is -0.126. The highest BCUT2D eigenvalue weighted by atomic mass is 32.1. The summed E-state index contributed by atoms with van der Waals surface area (Å²) < 4.78 is 0. The van der Waals surface area contributed by atoms with Crippen molar-refractivity contribution in [2.75, 3.05) is 37.7 Å². The number of hydrogen-bond donors (Lipinski definition) is 0. The zero-order chi connectivity index (χ0) is 17.6. The highest BCUT2D eigenvalue weighted by molar-refractivity contribution is 7.18. The van der Waals surface area contributed by atoms with Gasteiger partial charge in [-0.05, 0) is 52.3 Å². The summed E-state index contributed by atoms with van der Waals surface area (Å²) >= 11 is 1.74. The van der Waals surface area contributed by atoms with Gasteiger partial charge in [-0.1, -0.05) is 0 Å². The van der Waals surface area contributed by atoms with Crippen molar-refractivity contribution in [3.05, 3.63) is 16.3 Å². The van der Waals surface area contributed by atoms with Crippen molar-refractivity contribution >= 4 is 33.3 Å². The Morgan fingerprint density at radius 3 is 2.60 bits per heavy atom. The lowest BCUT2D eigenvalue weighted by Gasteiger charge is -2.20. The summed E-state index contributed by atoms with van der Waals surface area (Å²) in [5, 5.41) is 1.12. The fourth-order valence-electron chi connectivity index (χ4n) is 3.73. The van der Waals surface area contributed by atoms with E-state index in [2.05, 4.69) is 23.6 Å². The third-order valence-electron chi connectivity index (χ3n) is 5.32. The summed E-state index contributed by atoms with van der Waals surface area (Å²) in [5.41, 5.74) is 1.24. The van der Waals surface area contributed by atoms with E-state index in [0.29, 0.717) is 13.2 Å². The highest BCUT2D eigenvalue weighted by Crippen LogP contribution is 2.36. The topological polar surface area (TPSA) is 52.6 Å². The Bertz CT molecular complexity index is 811. The average Bonchev–Trinajstić information content (AvgIpc) is 3.28. The van der Waals surface area contributed by atoms with Gasteiger partial charge in [0, 0.05) is 11.4 Å². The molecule has 2 aliphatic rings. The van der Waals surface area contributed by atoms with Gasteiger partial charge in [-0.3, -0.25) is 9.69 Å². The molecule has 2 fully saturated rings. The largest absolute Gasteiger partial charge is 0.329 e. The molecule has 2 aliphatic heterocycles. The molecule has 4 rings (SSSR count). The van der Waals surface area contributed by atoms with Crippen molar-refractivity contribution in [3.63, 3.8) is 0 Å². The van der Waals surface area contributed by atoms with E-state index in [4.69, 9.17) is 9.97 Å². The number of amides is 1.